The molecule has 0 radical (unpaired) electrons. The lowest BCUT2D eigenvalue weighted by Crippen LogP contribution is -2.28. The molecule has 1 aliphatic heterocycles. The van der Waals surface area contributed by atoms with Crippen LogP contribution in [0.2, 0.25) is 0 Å². The summed E-state index contributed by atoms with van der Waals surface area (Å²) < 4.78 is 14.2. The monoisotopic (exact) mass is 353 g/mol. The molecular formula is C19H20FN5O. The highest BCUT2D eigenvalue weighted by Gasteiger charge is 2.26. The number of hydrogen-bond acceptors (Lipinski definition) is 3. The molecule has 3 rings (SSSR count). The van der Waals surface area contributed by atoms with Gasteiger partial charge in [-0.15, -0.1) is 0 Å². The van der Waals surface area contributed by atoms with E-state index in [1.54, 1.807) is 49.6 Å². The van der Waals surface area contributed by atoms with E-state index < -0.39 is 5.82 Å². The summed E-state index contributed by atoms with van der Waals surface area (Å²) in [5, 5.41) is 17.7. The van der Waals surface area contributed by atoms with Crippen LogP contribution in [0.5, 0.6) is 5.75 Å². The predicted octanol–water partition coefficient (Wildman–Crippen LogP) is 3.11. The molecule has 0 amide bonds. The molecule has 0 atom stereocenters. The average molecular weight is 353 g/mol. The third-order valence-corrected chi connectivity index (χ3v) is 4.10. The van der Waals surface area contributed by atoms with Crippen LogP contribution >= 0.6 is 0 Å². The van der Waals surface area contributed by atoms with E-state index in [2.05, 4.69) is 9.98 Å². The molecule has 0 aliphatic carbocycles. The minimum Gasteiger partial charge on any atom is -0.505 e. The first kappa shape index (κ1) is 17.6. The van der Waals surface area contributed by atoms with Gasteiger partial charge in [0.2, 0.25) is 5.96 Å². The summed E-state index contributed by atoms with van der Waals surface area (Å²) in [5.41, 5.74) is 2.00. The highest BCUT2D eigenvalue weighted by Crippen LogP contribution is 2.29. The fourth-order valence-electron chi connectivity index (χ4n) is 2.70. The lowest BCUT2D eigenvalue weighted by atomic mass is 10.1. The van der Waals surface area contributed by atoms with Crippen molar-refractivity contribution < 1.29 is 9.50 Å². The molecule has 0 saturated carbocycles. The topological polar surface area (TPSA) is 75.8 Å². The number of aromatic hydroxyl groups is 1. The van der Waals surface area contributed by atoms with E-state index in [1.807, 2.05) is 17.0 Å². The maximum Gasteiger partial charge on any atom is 0.219 e. The molecule has 26 heavy (non-hydrogen) atoms. The zero-order chi connectivity index (χ0) is 18.7. The number of hydrogen-bond donors (Lipinski definition) is 2. The Bertz CT molecular complexity index is 877. The van der Waals surface area contributed by atoms with Crippen LogP contribution in [0, 0.1) is 11.2 Å². The quantitative estimate of drug-likeness (QED) is 0.642. The molecule has 1 aliphatic rings. The molecule has 2 N–H and O–H groups in total. The molecule has 0 bridgehead atoms. The van der Waals surface area contributed by atoms with Gasteiger partial charge in [0.25, 0.3) is 0 Å². The van der Waals surface area contributed by atoms with Gasteiger partial charge in [0.15, 0.2) is 11.6 Å². The molecule has 0 spiro atoms. The number of benzene rings is 1. The fourth-order valence-corrected chi connectivity index (χ4v) is 2.70. The van der Waals surface area contributed by atoms with Crippen molar-refractivity contribution in [2.45, 2.75) is 6.42 Å². The number of phenolic OH excluding ortho intramolecular Hbond substituents is 1. The molecule has 2 aromatic rings. The second kappa shape index (κ2) is 7.35. The van der Waals surface area contributed by atoms with Crippen molar-refractivity contribution in [3.8, 4) is 5.75 Å². The Morgan fingerprint density at radius 2 is 2.04 bits per heavy atom. The van der Waals surface area contributed by atoms with Gasteiger partial charge in [0.1, 0.15) is 5.84 Å². The van der Waals surface area contributed by atoms with Crippen molar-refractivity contribution in [3.05, 3.63) is 59.7 Å². The van der Waals surface area contributed by atoms with Crippen molar-refractivity contribution in [3.63, 3.8) is 0 Å². The maximum absolute atomic E-state index is 14.2. The van der Waals surface area contributed by atoms with E-state index in [9.17, 15) is 9.50 Å². The number of phenols is 1. The second-order valence-electron chi connectivity index (χ2n) is 6.11. The standard InChI is InChI=1S/C19H20FN5O/c1-24(2)19(21)23-18-14(12-13-4-3-5-16(26)17(13)20)8-11-25(18)15-6-9-22-10-7-15/h3-7,9-10,12,21,26H,8,11H2,1-2H3. The molecule has 134 valence electrons. The van der Waals surface area contributed by atoms with Crippen LogP contribution in [0.4, 0.5) is 10.1 Å². The van der Waals surface area contributed by atoms with E-state index in [1.165, 1.54) is 6.07 Å². The van der Waals surface area contributed by atoms with Crippen LogP contribution in [0.25, 0.3) is 6.08 Å². The summed E-state index contributed by atoms with van der Waals surface area (Å²) in [5.74, 6) is -0.354. The van der Waals surface area contributed by atoms with Gasteiger partial charge in [-0.25, -0.2) is 4.39 Å². The van der Waals surface area contributed by atoms with E-state index in [-0.39, 0.29) is 11.7 Å². The number of aromatic nitrogens is 1. The number of halogens is 1. The highest BCUT2D eigenvalue weighted by atomic mass is 19.1. The fraction of sp³-hybridized carbons (Fsp3) is 0.211. The highest BCUT2D eigenvalue weighted by molar-refractivity contribution is 6.17. The van der Waals surface area contributed by atoms with Gasteiger partial charge in [-0.1, -0.05) is 12.1 Å². The number of pyridine rings is 1. The van der Waals surface area contributed by atoms with E-state index in [4.69, 9.17) is 5.41 Å². The smallest absolute Gasteiger partial charge is 0.219 e. The number of aliphatic imine (C=N–C) groups is 1. The molecular weight excluding hydrogens is 333 g/mol. The number of amidine groups is 1. The Hall–Kier alpha value is -3.22. The van der Waals surface area contributed by atoms with Crippen LogP contribution in [0.3, 0.4) is 0 Å². The number of nitrogens with zero attached hydrogens (tertiary/aromatic N) is 4. The largest absolute Gasteiger partial charge is 0.505 e. The SMILES string of the molecule is CN(C)C(=N)N=C1C(=Cc2cccc(O)c2F)CCN1c1ccncc1. The van der Waals surface area contributed by atoms with Crippen LogP contribution in [-0.2, 0) is 0 Å². The van der Waals surface area contributed by atoms with Gasteiger partial charge in [-0.3, -0.25) is 10.4 Å². The molecule has 2 heterocycles. The Morgan fingerprint density at radius 1 is 1.31 bits per heavy atom. The third kappa shape index (κ3) is 3.56. The summed E-state index contributed by atoms with van der Waals surface area (Å²) in [6.07, 6.45) is 5.72. The Labute approximate surface area is 151 Å². The summed E-state index contributed by atoms with van der Waals surface area (Å²) in [4.78, 5) is 12.0. The van der Waals surface area contributed by atoms with E-state index >= 15 is 0 Å². The van der Waals surface area contributed by atoms with Crippen LogP contribution < -0.4 is 4.90 Å². The molecule has 1 saturated heterocycles. The first-order chi connectivity index (χ1) is 12.5. The first-order valence-electron chi connectivity index (χ1n) is 8.18. The van der Waals surface area contributed by atoms with Crippen molar-refractivity contribution in [1.29, 1.82) is 5.41 Å². The normalized spacial score (nSPS) is 17.1. The van der Waals surface area contributed by atoms with Crippen molar-refractivity contribution in [2.24, 2.45) is 4.99 Å². The van der Waals surface area contributed by atoms with Crippen molar-refractivity contribution in [2.75, 3.05) is 25.5 Å². The molecule has 0 unspecified atom stereocenters. The second-order valence-corrected chi connectivity index (χ2v) is 6.11. The molecule has 1 fully saturated rings. The van der Waals surface area contributed by atoms with Crippen molar-refractivity contribution in [1.82, 2.24) is 9.88 Å². The summed E-state index contributed by atoms with van der Waals surface area (Å²) >= 11 is 0. The van der Waals surface area contributed by atoms with Crippen LogP contribution in [-0.4, -0.2) is 47.4 Å². The van der Waals surface area contributed by atoms with Crippen molar-refractivity contribution >= 4 is 23.6 Å². The lowest BCUT2D eigenvalue weighted by molar-refractivity contribution is 0.432. The Kier molecular flexibility index (Phi) is 4.97. The van der Waals surface area contributed by atoms with Gasteiger partial charge in [0.05, 0.1) is 0 Å². The zero-order valence-electron chi connectivity index (χ0n) is 14.6. The molecule has 1 aromatic heterocycles. The van der Waals surface area contributed by atoms with Gasteiger partial charge < -0.3 is 14.9 Å². The predicted molar refractivity (Wildman–Crippen MR) is 101 cm³/mol. The number of guanidine groups is 1. The minimum absolute atomic E-state index is 0.100. The summed E-state index contributed by atoms with van der Waals surface area (Å²) in [6, 6.07) is 8.25. The van der Waals surface area contributed by atoms with E-state index in [0.29, 0.717) is 24.4 Å². The third-order valence-electron chi connectivity index (χ3n) is 4.10. The number of nitrogens with one attached hydrogen (secondary N) is 1. The van der Waals surface area contributed by atoms with Gasteiger partial charge in [0, 0.05) is 44.3 Å². The lowest BCUT2D eigenvalue weighted by Gasteiger charge is -2.20. The number of anilines is 1. The molecule has 7 heteroatoms. The summed E-state index contributed by atoms with van der Waals surface area (Å²) in [6.45, 7) is 0.663. The average Bonchev–Trinajstić information content (AvgIpc) is 3.02. The number of rotatable bonds is 2. The van der Waals surface area contributed by atoms with E-state index in [0.717, 1.165) is 11.3 Å². The molecule has 6 nitrogen and oxygen atoms in total. The Morgan fingerprint density at radius 3 is 2.73 bits per heavy atom. The van der Waals surface area contributed by atoms with Crippen LogP contribution in [0.1, 0.15) is 12.0 Å². The first-order valence-corrected chi connectivity index (χ1v) is 8.18. The summed E-state index contributed by atoms with van der Waals surface area (Å²) in [7, 11) is 3.49. The zero-order valence-corrected chi connectivity index (χ0v) is 14.6. The van der Waals surface area contributed by atoms with Crippen LogP contribution in [0.15, 0.2) is 53.3 Å². The van der Waals surface area contributed by atoms with Gasteiger partial charge >= 0.3 is 0 Å². The Balaban J connectivity index is 2.05. The van der Waals surface area contributed by atoms with Gasteiger partial charge in [-0.2, -0.15) is 4.99 Å². The van der Waals surface area contributed by atoms with Gasteiger partial charge in [-0.05, 0) is 36.3 Å². The minimum atomic E-state index is -0.663. The maximum atomic E-state index is 14.2. The molecule has 1 aromatic carbocycles.